The number of hydrogen-bond donors (Lipinski definition) is 2. The third-order valence-corrected chi connectivity index (χ3v) is 3.59. The Hall–Kier alpha value is -0.670. The molecule has 1 aliphatic carbocycles. The minimum Gasteiger partial charge on any atom is -0.396 e. The first kappa shape index (κ1) is 12.4. The predicted octanol–water partition coefficient (Wildman–Crippen LogP) is 1.15. The molecule has 0 heterocycles. The Labute approximate surface area is 90.8 Å². The molecule has 0 aromatic carbocycles. The van der Waals surface area contributed by atoms with Gasteiger partial charge in [0.15, 0.2) is 5.78 Å². The van der Waals surface area contributed by atoms with Gasteiger partial charge in [0, 0.05) is 24.5 Å². The fraction of sp³-hybridized carbons (Fsp3) is 0.750. The van der Waals surface area contributed by atoms with Crippen LogP contribution in [-0.2, 0) is 4.79 Å². The minimum atomic E-state index is -0.477. The van der Waals surface area contributed by atoms with E-state index in [-0.39, 0.29) is 30.8 Å². The normalized spacial score (nSPS) is 25.6. The summed E-state index contributed by atoms with van der Waals surface area (Å²) in [4.78, 5) is 12.0. The Morgan fingerprint density at radius 3 is 2.47 bits per heavy atom. The fourth-order valence-corrected chi connectivity index (χ4v) is 2.46. The molecule has 0 radical (unpaired) electrons. The largest absolute Gasteiger partial charge is 0.396 e. The molecule has 0 aromatic heterocycles. The van der Waals surface area contributed by atoms with Crippen molar-refractivity contribution in [3.05, 3.63) is 11.6 Å². The van der Waals surface area contributed by atoms with Crippen LogP contribution in [0.1, 0.15) is 27.2 Å². The zero-order chi connectivity index (χ0) is 11.6. The van der Waals surface area contributed by atoms with Gasteiger partial charge < -0.3 is 10.2 Å². The molecule has 0 spiro atoms. The molecule has 0 fully saturated rings. The van der Waals surface area contributed by atoms with Crippen LogP contribution in [0.3, 0.4) is 0 Å². The Kier molecular flexibility index (Phi) is 3.68. The number of hydrogen-bond acceptors (Lipinski definition) is 3. The Morgan fingerprint density at radius 1 is 1.47 bits per heavy atom. The molecule has 0 saturated carbocycles. The highest BCUT2D eigenvalue weighted by molar-refractivity contribution is 5.99. The highest BCUT2D eigenvalue weighted by Crippen LogP contribution is 2.41. The first-order valence-corrected chi connectivity index (χ1v) is 5.38. The van der Waals surface area contributed by atoms with Gasteiger partial charge in [-0.1, -0.05) is 19.9 Å². The van der Waals surface area contributed by atoms with E-state index in [0.29, 0.717) is 0 Å². The number of carbonyl (C=O) groups excluding carboxylic acids is 1. The van der Waals surface area contributed by atoms with Gasteiger partial charge in [0.05, 0.1) is 0 Å². The topological polar surface area (TPSA) is 57.5 Å². The van der Waals surface area contributed by atoms with E-state index in [4.69, 9.17) is 0 Å². The van der Waals surface area contributed by atoms with Crippen LogP contribution in [0.5, 0.6) is 0 Å². The van der Waals surface area contributed by atoms with Crippen molar-refractivity contribution in [3.63, 3.8) is 0 Å². The predicted molar refractivity (Wildman–Crippen MR) is 58.3 cm³/mol. The quantitative estimate of drug-likeness (QED) is 0.737. The summed E-state index contributed by atoms with van der Waals surface area (Å²) in [6, 6.07) is 0. The van der Waals surface area contributed by atoms with Gasteiger partial charge in [0.1, 0.15) is 0 Å². The second-order valence-corrected chi connectivity index (χ2v) is 4.91. The van der Waals surface area contributed by atoms with E-state index in [1.807, 2.05) is 26.8 Å². The SMILES string of the molecule is CC1=CC[C@@H](C(CO)CO)C(C)(C)C1=O. The molecule has 15 heavy (non-hydrogen) atoms. The van der Waals surface area contributed by atoms with Crippen LogP contribution in [0.25, 0.3) is 0 Å². The van der Waals surface area contributed by atoms with Crippen molar-refractivity contribution in [3.8, 4) is 0 Å². The van der Waals surface area contributed by atoms with Crippen LogP contribution in [0, 0.1) is 17.3 Å². The van der Waals surface area contributed by atoms with Crippen molar-refractivity contribution in [1.82, 2.24) is 0 Å². The zero-order valence-electron chi connectivity index (χ0n) is 9.66. The van der Waals surface area contributed by atoms with Crippen molar-refractivity contribution in [2.45, 2.75) is 27.2 Å². The molecule has 1 aliphatic rings. The van der Waals surface area contributed by atoms with Gasteiger partial charge in [-0.25, -0.2) is 0 Å². The molecular formula is C12H20O3. The maximum Gasteiger partial charge on any atom is 0.164 e. The van der Waals surface area contributed by atoms with Crippen LogP contribution < -0.4 is 0 Å². The van der Waals surface area contributed by atoms with Crippen LogP contribution in [0.4, 0.5) is 0 Å². The molecule has 0 saturated heterocycles. The average Bonchev–Trinajstić information content (AvgIpc) is 2.20. The maximum atomic E-state index is 12.0. The summed E-state index contributed by atoms with van der Waals surface area (Å²) >= 11 is 0. The van der Waals surface area contributed by atoms with E-state index >= 15 is 0 Å². The molecule has 1 atom stereocenters. The summed E-state index contributed by atoms with van der Waals surface area (Å²) in [5.41, 5.74) is 0.320. The first-order chi connectivity index (χ1) is 6.95. The smallest absolute Gasteiger partial charge is 0.164 e. The molecule has 0 unspecified atom stereocenters. The summed E-state index contributed by atoms with van der Waals surface area (Å²) in [5.74, 6) is -0.0392. The van der Waals surface area contributed by atoms with E-state index in [1.54, 1.807) is 0 Å². The van der Waals surface area contributed by atoms with Gasteiger partial charge in [-0.3, -0.25) is 4.79 Å². The second kappa shape index (κ2) is 4.45. The molecule has 0 aliphatic heterocycles. The molecule has 0 bridgehead atoms. The molecule has 2 N–H and O–H groups in total. The van der Waals surface area contributed by atoms with Crippen LogP contribution >= 0.6 is 0 Å². The van der Waals surface area contributed by atoms with Gasteiger partial charge in [0.25, 0.3) is 0 Å². The first-order valence-electron chi connectivity index (χ1n) is 5.38. The lowest BCUT2D eigenvalue weighted by Gasteiger charge is -2.39. The van der Waals surface area contributed by atoms with Gasteiger partial charge >= 0.3 is 0 Å². The van der Waals surface area contributed by atoms with Crippen LogP contribution in [0.15, 0.2) is 11.6 Å². The lowest BCUT2D eigenvalue weighted by Crippen LogP contribution is -2.42. The van der Waals surface area contributed by atoms with E-state index in [2.05, 4.69) is 0 Å². The lowest BCUT2D eigenvalue weighted by atomic mass is 9.64. The highest BCUT2D eigenvalue weighted by atomic mass is 16.3. The van der Waals surface area contributed by atoms with Gasteiger partial charge in [-0.2, -0.15) is 0 Å². The molecular weight excluding hydrogens is 192 g/mol. The fourth-order valence-electron chi connectivity index (χ4n) is 2.46. The van der Waals surface area contributed by atoms with Crippen molar-refractivity contribution < 1.29 is 15.0 Å². The van der Waals surface area contributed by atoms with Crippen LogP contribution in [0.2, 0.25) is 0 Å². The number of aliphatic hydroxyl groups excluding tert-OH is 2. The number of rotatable bonds is 3. The van der Waals surface area contributed by atoms with Crippen molar-refractivity contribution >= 4 is 5.78 Å². The van der Waals surface area contributed by atoms with E-state index in [9.17, 15) is 15.0 Å². The van der Waals surface area contributed by atoms with E-state index < -0.39 is 5.41 Å². The highest BCUT2D eigenvalue weighted by Gasteiger charge is 2.42. The third kappa shape index (κ3) is 2.13. The molecule has 3 heteroatoms. The summed E-state index contributed by atoms with van der Waals surface area (Å²) in [6.07, 6.45) is 2.67. The van der Waals surface area contributed by atoms with Crippen LogP contribution in [-0.4, -0.2) is 29.2 Å². The average molecular weight is 212 g/mol. The molecule has 1 rings (SSSR count). The van der Waals surface area contributed by atoms with Crippen molar-refractivity contribution in [2.75, 3.05) is 13.2 Å². The third-order valence-electron chi connectivity index (χ3n) is 3.59. The number of allylic oxidation sites excluding steroid dienone is 2. The summed E-state index contributed by atoms with van der Waals surface area (Å²) in [5, 5.41) is 18.3. The van der Waals surface area contributed by atoms with Crippen molar-refractivity contribution in [2.24, 2.45) is 17.3 Å². The monoisotopic (exact) mass is 212 g/mol. The number of carbonyl (C=O) groups is 1. The summed E-state index contributed by atoms with van der Waals surface area (Å²) in [7, 11) is 0. The molecule has 3 nitrogen and oxygen atoms in total. The Morgan fingerprint density at radius 2 is 2.00 bits per heavy atom. The lowest BCUT2D eigenvalue weighted by molar-refractivity contribution is -0.129. The minimum absolute atomic E-state index is 0.0312. The van der Waals surface area contributed by atoms with E-state index in [0.717, 1.165) is 12.0 Å². The zero-order valence-corrected chi connectivity index (χ0v) is 9.66. The van der Waals surface area contributed by atoms with E-state index in [1.165, 1.54) is 0 Å². The van der Waals surface area contributed by atoms with Gasteiger partial charge in [-0.15, -0.1) is 0 Å². The molecule has 0 amide bonds. The summed E-state index contributed by atoms with van der Waals surface area (Å²) < 4.78 is 0. The second-order valence-electron chi connectivity index (χ2n) is 4.91. The number of ketones is 1. The Balaban J connectivity index is 2.97. The molecule has 86 valence electrons. The van der Waals surface area contributed by atoms with Crippen molar-refractivity contribution in [1.29, 1.82) is 0 Å². The number of Topliss-reactive ketones (excluding diaryl/α,β-unsaturated/α-hetero) is 1. The van der Waals surface area contributed by atoms with Gasteiger partial charge in [-0.05, 0) is 24.8 Å². The maximum absolute atomic E-state index is 12.0. The molecule has 0 aromatic rings. The summed E-state index contributed by atoms with van der Waals surface area (Å²) in [6.45, 7) is 5.49. The Bertz CT molecular complexity index is 275. The standard InChI is InChI=1S/C12H20O3/c1-8-4-5-10(9(6-13)7-14)12(2,3)11(8)15/h4,9-10,13-14H,5-7H2,1-3H3/t10-/m0/s1. The van der Waals surface area contributed by atoms with Gasteiger partial charge in [0.2, 0.25) is 0 Å². The number of aliphatic hydroxyl groups is 2.